The molecule has 11 heteroatoms. The maximum Gasteiger partial charge on any atom is 0 e. The molecule has 0 heterocycles. The molecule has 0 spiro atoms. The standard InChI is InChI=1S/2C13H12P.5ClH.Fe.2Pd.Ti/c2*1-14(12-8-4-2-5-9-12)13-10-6-3-7-11-13;;;;;;;;;/h2*2-11H,1H2;5*1H;;;;/q2*-1;;;;;;+2;;;+3/p-5. The summed E-state index contributed by atoms with van der Waals surface area (Å²) in [6.07, 6.45) is 0. The Morgan fingerprint density at radius 1 is 0.459 bits per heavy atom. The van der Waals surface area contributed by atoms with Crippen LogP contribution in [0.5, 0.6) is 0 Å². The van der Waals surface area contributed by atoms with Gasteiger partial charge < -0.3 is 13.3 Å². The molecule has 0 atom stereocenters. The number of halogens is 5. The summed E-state index contributed by atoms with van der Waals surface area (Å²) in [5.41, 5.74) is 0. The molecule has 0 saturated carbocycles. The van der Waals surface area contributed by atoms with Crippen molar-refractivity contribution < 1.29 is 68.7 Å². The minimum atomic E-state index is -1.92. The maximum atomic E-state index is 4.97. The van der Waals surface area contributed by atoms with Gasteiger partial charge in [-0.2, -0.15) is 0 Å². The van der Waals surface area contributed by atoms with Gasteiger partial charge in [0.1, 0.15) is 0 Å². The minimum Gasteiger partial charge on any atom is 0 e. The maximum absolute atomic E-state index is 4.97. The normalized spacial score (nSPS) is 9.22. The molecule has 0 aliphatic rings. The van der Waals surface area contributed by atoms with Crippen molar-refractivity contribution in [2.24, 2.45) is 0 Å². The van der Waals surface area contributed by atoms with Crippen LogP contribution in [0.15, 0.2) is 121 Å². The first-order valence-corrected chi connectivity index (χ1v) is 22.5. The van der Waals surface area contributed by atoms with Crippen LogP contribution in [-0.4, -0.2) is 0 Å². The Morgan fingerprint density at radius 2 is 0.595 bits per heavy atom. The smallest absolute Gasteiger partial charge is 0 e. The Balaban J connectivity index is 0. The molecule has 4 rings (SSSR count). The minimum absolute atomic E-state index is 0. The molecule has 0 saturated heterocycles. The second-order valence-electron chi connectivity index (χ2n) is 6.46. The van der Waals surface area contributed by atoms with Crippen LogP contribution in [0, 0.1) is 13.3 Å². The van der Waals surface area contributed by atoms with Crippen molar-refractivity contribution in [2.75, 3.05) is 0 Å². The summed E-state index contributed by atoms with van der Waals surface area (Å²) in [6, 6.07) is 41.9. The van der Waals surface area contributed by atoms with E-state index >= 15 is 0 Å². The molecule has 37 heavy (non-hydrogen) atoms. The van der Waals surface area contributed by atoms with Crippen LogP contribution < -0.4 is 21.2 Å². The Labute approximate surface area is 284 Å². The number of hydrogen-bond donors (Lipinski definition) is 0. The van der Waals surface area contributed by atoms with Crippen LogP contribution >= 0.6 is 64.0 Å². The summed E-state index contributed by atoms with van der Waals surface area (Å²) < 4.78 is 0. The third-order valence-electron chi connectivity index (χ3n) is 4.27. The molecule has 0 aliphatic carbocycles. The van der Waals surface area contributed by atoms with Crippen molar-refractivity contribution in [2.45, 2.75) is 0 Å². The summed E-state index contributed by atoms with van der Waals surface area (Å²) >= 11 is -1.72. The molecule has 0 fully saturated rings. The van der Waals surface area contributed by atoms with Crippen LogP contribution in [0.25, 0.3) is 0 Å². The average Bonchev–Trinajstić information content (AvgIpc) is 2.90. The van der Waals surface area contributed by atoms with E-state index in [2.05, 4.69) is 110 Å². The van der Waals surface area contributed by atoms with Crippen molar-refractivity contribution in [3.63, 3.8) is 0 Å². The zero-order chi connectivity index (χ0) is 25.9. The molecular formula is C26H24Cl5FeP2Pd2Ti-2. The van der Waals surface area contributed by atoms with Gasteiger partial charge in [0.15, 0.2) is 0 Å². The molecule has 0 radical (unpaired) electrons. The van der Waals surface area contributed by atoms with E-state index in [1.165, 1.54) is 21.2 Å². The molecule has 207 valence electrons. The van der Waals surface area contributed by atoms with E-state index < -0.39 is 30.5 Å². The van der Waals surface area contributed by atoms with Gasteiger partial charge in [0, 0.05) is 40.8 Å². The Morgan fingerprint density at radius 3 is 0.730 bits per heavy atom. The van der Waals surface area contributed by atoms with E-state index in [4.69, 9.17) is 48.1 Å². The van der Waals surface area contributed by atoms with Gasteiger partial charge in [0.2, 0.25) is 0 Å². The monoisotopic (exact) mass is 889 g/mol. The predicted octanol–water partition coefficient (Wildman–Crippen LogP) is 9.26. The fraction of sp³-hybridized carbons (Fsp3) is 0. The van der Waals surface area contributed by atoms with Crippen molar-refractivity contribution in [3.8, 4) is 0 Å². The van der Waals surface area contributed by atoms with Gasteiger partial charge in [-0.25, -0.2) is 15.8 Å². The number of benzene rings is 4. The summed E-state index contributed by atoms with van der Waals surface area (Å²) in [5, 5.41) is 5.31. The van der Waals surface area contributed by atoms with E-state index in [1.54, 1.807) is 0 Å². The third kappa shape index (κ3) is 19.5. The average molecular weight is 892 g/mol. The first-order valence-electron chi connectivity index (χ1n) is 10.0. The fourth-order valence-corrected chi connectivity index (χ4v) is 5.45. The molecule has 0 unspecified atom stereocenters. The summed E-state index contributed by atoms with van der Waals surface area (Å²) in [7, 11) is 23.6. The molecule has 0 amide bonds. The fourth-order valence-electron chi connectivity index (χ4n) is 2.73. The molecule has 0 N–H and O–H groups in total. The quantitative estimate of drug-likeness (QED) is 0.109. The van der Waals surface area contributed by atoms with E-state index in [0.29, 0.717) is 0 Å². The predicted molar refractivity (Wildman–Crippen MR) is 158 cm³/mol. The first-order chi connectivity index (χ1) is 16.9. The molecular weight excluding hydrogens is 868 g/mol. The molecule has 4 aromatic rings. The van der Waals surface area contributed by atoms with Crippen molar-refractivity contribution in [3.05, 3.63) is 135 Å². The zero-order valence-electron chi connectivity index (χ0n) is 19.2. The van der Waals surface area contributed by atoms with Crippen LogP contribution in [0.2, 0.25) is 0 Å². The second kappa shape index (κ2) is 26.6. The number of hydrogen-bond acceptors (Lipinski definition) is 0. The van der Waals surface area contributed by atoms with Gasteiger partial charge in [0.05, 0.1) is 0 Å². The van der Waals surface area contributed by atoms with Gasteiger partial charge in [-0.05, 0) is 0 Å². The zero-order valence-corrected chi connectivity index (χ0v) is 30.6. The van der Waals surface area contributed by atoms with E-state index in [0.717, 1.165) is 0 Å². The Kier molecular flexibility index (Phi) is 29.4. The van der Waals surface area contributed by atoms with Crippen molar-refractivity contribution >= 4 is 85.2 Å². The van der Waals surface area contributed by atoms with Crippen LogP contribution in [0.3, 0.4) is 0 Å². The first kappa shape index (κ1) is 40.9. The summed E-state index contributed by atoms with van der Waals surface area (Å²) in [4.78, 5) is 0. The van der Waals surface area contributed by atoms with E-state index in [-0.39, 0.29) is 54.0 Å². The topological polar surface area (TPSA) is 0 Å². The SMILES string of the molecule is [CH2-]P(c1ccccc1)c1ccccc1.[CH2-]P(c1ccccc1)c1ccccc1.[Cl][Fe][Cl].[Cl][Ti]([Cl])[Cl].[Pd].[Pd]. The van der Waals surface area contributed by atoms with Crippen LogP contribution in [-0.2, 0) is 68.7 Å². The molecule has 0 nitrogen and oxygen atoms in total. The molecule has 0 bridgehead atoms. The summed E-state index contributed by atoms with van der Waals surface area (Å²) in [5.74, 6) is 0. The molecule has 0 aliphatic heterocycles. The van der Waals surface area contributed by atoms with Gasteiger partial charge in [-0.15, -0.1) is 0 Å². The van der Waals surface area contributed by atoms with E-state index in [9.17, 15) is 0 Å². The van der Waals surface area contributed by atoms with Gasteiger partial charge in [-0.3, -0.25) is 0 Å². The van der Waals surface area contributed by atoms with Crippen LogP contribution in [0.1, 0.15) is 0 Å². The molecule has 0 aromatic heterocycles. The Bertz CT molecular complexity index is 865. The third-order valence-corrected chi connectivity index (χ3v) is 7.96. The van der Waals surface area contributed by atoms with Crippen molar-refractivity contribution in [1.29, 1.82) is 0 Å². The Hall–Kier alpha value is 1.75. The largest absolute Gasteiger partial charge is 0 e. The van der Waals surface area contributed by atoms with Crippen LogP contribution in [0.4, 0.5) is 0 Å². The molecule has 4 aromatic carbocycles. The second-order valence-corrected chi connectivity index (χ2v) is 19.8. The summed E-state index contributed by atoms with van der Waals surface area (Å²) in [6.45, 7) is 8.49. The van der Waals surface area contributed by atoms with Gasteiger partial charge in [0.25, 0.3) is 0 Å². The van der Waals surface area contributed by atoms with Crippen molar-refractivity contribution in [1.82, 2.24) is 0 Å². The van der Waals surface area contributed by atoms with Gasteiger partial charge in [-0.1, -0.05) is 143 Å². The van der Waals surface area contributed by atoms with Gasteiger partial charge >= 0.3 is 75.9 Å². The number of rotatable bonds is 4. The van der Waals surface area contributed by atoms with E-state index in [1.807, 2.05) is 24.3 Å².